The second-order valence-corrected chi connectivity index (χ2v) is 4.68. The summed E-state index contributed by atoms with van der Waals surface area (Å²) < 4.78 is 0. The van der Waals surface area contributed by atoms with Crippen LogP contribution in [0.2, 0.25) is 0 Å². The summed E-state index contributed by atoms with van der Waals surface area (Å²) in [5.74, 6) is -1.96. The van der Waals surface area contributed by atoms with Gasteiger partial charge in [-0.2, -0.15) is 0 Å². The Morgan fingerprint density at radius 1 is 0.947 bits per heavy atom. The zero-order valence-corrected chi connectivity index (χ0v) is 10.9. The van der Waals surface area contributed by atoms with Gasteiger partial charge in [0, 0.05) is 18.2 Å². The maximum absolute atomic E-state index is 11.5. The number of aliphatic carboxylic acids is 1. The standard InChI is InChI=1S/C13H20N2O4/c16-11(8-9-12(17)18)15-13(19)14-10-6-4-2-1-3-5-7-10/h8-10H,1-7H2,(H,17,18)(H2,14,15,16,19)/b9-8+. The van der Waals surface area contributed by atoms with Gasteiger partial charge in [-0.1, -0.05) is 32.1 Å². The lowest BCUT2D eigenvalue weighted by Gasteiger charge is -2.20. The van der Waals surface area contributed by atoms with Gasteiger partial charge in [-0.3, -0.25) is 10.1 Å². The van der Waals surface area contributed by atoms with Crippen LogP contribution in [0.3, 0.4) is 0 Å². The van der Waals surface area contributed by atoms with Crippen molar-refractivity contribution >= 4 is 17.9 Å². The molecule has 0 aliphatic heterocycles. The van der Waals surface area contributed by atoms with Crippen molar-refractivity contribution in [1.29, 1.82) is 0 Å². The highest BCUT2D eigenvalue weighted by Gasteiger charge is 2.14. The summed E-state index contributed by atoms with van der Waals surface area (Å²) in [6.45, 7) is 0. The maximum Gasteiger partial charge on any atom is 0.328 e. The first-order valence-corrected chi connectivity index (χ1v) is 6.60. The summed E-state index contributed by atoms with van der Waals surface area (Å²) in [5.41, 5.74) is 0. The summed E-state index contributed by atoms with van der Waals surface area (Å²) in [4.78, 5) is 33.0. The van der Waals surface area contributed by atoms with Gasteiger partial charge in [0.25, 0.3) is 5.91 Å². The van der Waals surface area contributed by atoms with Crippen molar-refractivity contribution in [3.63, 3.8) is 0 Å². The van der Waals surface area contributed by atoms with Crippen LogP contribution >= 0.6 is 0 Å². The Morgan fingerprint density at radius 3 is 2.11 bits per heavy atom. The van der Waals surface area contributed by atoms with E-state index in [9.17, 15) is 14.4 Å². The molecule has 19 heavy (non-hydrogen) atoms. The predicted octanol–water partition coefficient (Wildman–Crippen LogP) is 1.57. The molecule has 0 heterocycles. The lowest BCUT2D eigenvalue weighted by molar-refractivity contribution is -0.131. The Morgan fingerprint density at radius 2 is 1.53 bits per heavy atom. The third-order valence-electron chi connectivity index (χ3n) is 3.05. The molecule has 1 saturated carbocycles. The number of hydrogen-bond donors (Lipinski definition) is 3. The van der Waals surface area contributed by atoms with E-state index in [2.05, 4.69) is 10.6 Å². The van der Waals surface area contributed by atoms with Crippen LogP contribution in [0.25, 0.3) is 0 Å². The van der Waals surface area contributed by atoms with Crippen LogP contribution in [0.5, 0.6) is 0 Å². The number of carbonyl (C=O) groups is 3. The normalized spacial score (nSPS) is 17.5. The molecule has 0 aromatic carbocycles. The first-order chi connectivity index (χ1) is 9.08. The summed E-state index contributed by atoms with van der Waals surface area (Å²) in [6.07, 6.45) is 9.13. The highest BCUT2D eigenvalue weighted by molar-refractivity contribution is 6.02. The quantitative estimate of drug-likeness (QED) is 0.677. The van der Waals surface area contributed by atoms with Crippen molar-refractivity contribution in [2.75, 3.05) is 0 Å². The molecule has 0 unspecified atom stereocenters. The van der Waals surface area contributed by atoms with E-state index >= 15 is 0 Å². The van der Waals surface area contributed by atoms with Crippen molar-refractivity contribution in [2.24, 2.45) is 0 Å². The van der Waals surface area contributed by atoms with E-state index in [4.69, 9.17) is 5.11 Å². The van der Waals surface area contributed by atoms with Gasteiger partial charge in [0.2, 0.25) is 0 Å². The predicted molar refractivity (Wildman–Crippen MR) is 69.6 cm³/mol. The molecule has 0 atom stereocenters. The third kappa shape index (κ3) is 7.23. The average molecular weight is 268 g/mol. The molecule has 0 saturated heterocycles. The van der Waals surface area contributed by atoms with E-state index in [1.54, 1.807) is 0 Å². The minimum atomic E-state index is -1.23. The smallest absolute Gasteiger partial charge is 0.328 e. The van der Waals surface area contributed by atoms with E-state index in [-0.39, 0.29) is 6.04 Å². The zero-order chi connectivity index (χ0) is 14.1. The van der Waals surface area contributed by atoms with Crippen molar-refractivity contribution in [3.8, 4) is 0 Å². The van der Waals surface area contributed by atoms with E-state index in [1.165, 1.54) is 19.3 Å². The Hall–Kier alpha value is -1.85. The number of rotatable bonds is 3. The summed E-state index contributed by atoms with van der Waals surface area (Å²) in [6, 6.07) is -0.470. The van der Waals surface area contributed by atoms with Crippen LogP contribution in [-0.2, 0) is 9.59 Å². The number of carboxylic acid groups (broad SMARTS) is 1. The minimum Gasteiger partial charge on any atom is -0.478 e. The fraction of sp³-hybridized carbons (Fsp3) is 0.615. The molecular formula is C13H20N2O4. The Kier molecular flexibility index (Phi) is 6.63. The number of nitrogens with one attached hydrogen (secondary N) is 2. The number of carbonyl (C=O) groups excluding carboxylic acids is 2. The molecule has 106 valence electrons. The molecule has 0 aromatic rings. The molecule has 1 fully saturated rings. The fourth-order valence-electron chi connectivity index (χ4n) is 2.12. The molecule has 0 bridgehead atoms. The summed E-state index contributed by atoms with van der Waals surface area (Å²) >= 11 is 0. The fourth-order valence-corrected chi connectivity index (χ4v) is 2.12. The van der Waals surface area contributed by atoms with Gasteiger partial charge >= 0.3 is 12.0 Å². The van der Waals surface area contributed by atoms with Gasteiger partial charge in [0.05, 0.1) is 0 Å². The maximum atomic E-state index is 11.5. The lowest BCUT2D eigenvalue weighted by Crippen LogP contribution is -2.44. The first kappa shape index (κ1) is 15.2. The van der Waals surface area contributed by atoms with Gasteiger partial charge < -0.3 is 10.4 Å². The highest BCUT2D eigenvalue weighted by Crippen LogP contribution is 2.16. The second-order valence-electron chi connectivity index (χ2n) is 4.68. The summed E-state index contributed by atoms with van der Waals surface area (Å²) in [7, 11) is 0. The number of amides is 3. The van der Waals surface area contributed by atoms with Gasteiger partial charge in [-0.25, -0.2) is 9.59 Å². The molecule has 3 amide bonds. The molecule has 1 aliphatic carbocycles. The molecule has 1 aliphatic rings. The van der Waals surface area contributed by atoms with Crippen LogP contribution in [0.4, 0.5) is 4.79 Å². The van der Waals surface area contributed by atoms with Crippen LogP contribution < -0.4 is 10.6 Å². The van der Waals surface area contributed by atoms with E-state index in [0.29, 0.717) is 6.08 Å². The van der Waals surface area contributed by atoms with E-state index in [0.717, 1.165) is 31.8 Å². The highest BCUT2D eigenvalue weighted by atomic mass is 16.4. The van der Waals surface area contributed by atoms with Gasteiger partial charge in [-0.15, -0.1) is 0 Å². The zero-order valence-electron chi connectivity index (χ0n) is 10.9. The Bertz CT molecular complexity index is 358. The first-order valence-electron chi connectivity index (χ1n) is 6.60. The molecule has 6 nitrogen and oxygen atoms in total. The second kappa shape index (κ2) is 8.29. The Balaban J connectivity index is 2.32. The molecule has 0 spiro atoms. The topological polar surface area (TPSA) is 95.5 Å². The monoisotopic (exact) mass is 268 g/mol. The van der Waals surface area contributed by atoms with Gasteiger partial charge in [0.1, 0.15) is 0 Å². The van der Waals surface area contributed by atoms with Crippen molar-refractivity contribution < 1.29 is 19.5 Å². The molecule has 1 rings (SSSR count). The van der Waals surface area contributed by atoms with Crippen LogP contribution in [0.1, 0.15) is 44.9 Å². The van der Waals surface area contributed by atoms with Crippen LogP contribution in [0.15, 0.2) is 12.2 Å². The van der Waals surface area contributed by atoms with Crippen LogP contribution in [-0.4, -0.2) is 29.1 Å². The number of urea groups is 1. The van der Waals surface area contributed by atoms with E-state index in [1.807, 2.05) is 0 Å². The third-order valence-corrected chi connectivity index (χ3v) is 3.05. The Labute approximate surface area is 112 Å². The lowest BCUT2D eigenvalue weighted by atomic mass is 9.97. The SMILES string of the molecule is O=C(O)/C=C/C(=O)NC(=O)NC1CCCCCCC1. The van der Waals surface area contributed by atoms with E-state index < -0.39 is 17.9 Å². The number of hydrogen-bond acceptors (Lipinski definition) is 3. The van der Waals surface area contributed by atoms with Crippen molar-refractivity contribution in [3.05, 3.63) is 12.2 Å². The largest absolute Gasteiger partial charge is 0.478 e. The van der Waals surface area contributed by atoms with Gasteiger partial charge in [0.15, 0.2) is 0 Å². The molecule has 6 heteroatoms. The molecule has 3 N–H and O–H groups in total. The van der Waals surface area contributed by atoms with Crippen molar-refractivity contribution in [1.82, 2.24) is 10.6 Å². The molecular weight excluding hydrogens is 248 g/mol. The van der Waals surface area contributed by atoms with Gasteiger partial charge in [-0.05, 0) is 12.8 Å². The molecule has 0 radical (unpaired) electrons. The minimum absolute atomic E-state index is 0.0940. The number of carboxylic acids is 1. The average Bonchev–Trinajstić information content (AvgIpc) is 2.30. The summed E-state index contributed by atoms with van der Waals surface area (Å²) in [5, 5.41) is 13.2. The van der Waals surface area contributed by atoms with Crippen LogP contribution in [0, 0.1) is 0 Å². The van der Waals surface area contributed by atoms with Crippen molar-refractivity contribution in [2.45, 2.75) is 51.0 Å². The number of imide groups is 1. The molecule has 0 aromatic heterocycles.